The van der Waals surface area contributed by atoms with Gasteiger partial charge in [-0.3, -0.25) is 9.69 Å². The molecule has 0 atom stereocenters. The highest BCUT2D eigenvalue weighted by Crippen LogP contribution is 2.20. The van der Waals surface area contributed by atoms with E-state index in [1.54, 1.807) is 7.11 Å². The molecule has 3 rings (SSSR count). The summed E-state index contributed by atoms with van der Waals surface area (Å²) in [6, 6.07) is 5.68. The van der Waals surface area contributed by atoms with Crippen molar-refractivity contribution in [2.45, 2.75) is 6.54 Å². The van der Waals surface area contributed by atoms with E-state index in [0.29, 0.717) is 32.7 Å². The quantitative estimate of drug-likeness (QED) is 0.726. The number of methoxy groups -OCH3 is 1. The summed E-state index contributed by atoms with van der Waals surface area (Å²) in [5, 5.41) is 2.89. The maximum absolute atomic E-state index is 12.2. The van der Waals surface area contributed by atoms with Crippen LogP contribution < -0.4 is 10.1 Å². The Morgan fingerprint density at radius 3 is 2.59 bits per heavy atom. The summed E-state index contributed by atoms with van der Waals surface area (Å²) >= 11 is 0. The first kappa shape index (κ1) is 19.6. The fraction of sp³-hybridized carbons (Fsp3) is 0.529. The number of hydrogen-bond donors (Lipinski definition) is 1. The third-order valence-electron chi connectivity index (χ3n) is 4.79. The summed E-state index contributed by atoms with van der Waals surface area (Å²) in [4.78, 5) is 18.8. The van der Waals surface area contributed by atoms with Crippen LogP contribution in [0.5, 0.6) is 5.75 Å². The second kappa shape index (κ2) is 7.83. The van der Waals surface area contributed by atoms with E-state index in [1.807, 2.05) is 34.7 Å². The van der Waals surface area contributed by atoms with Crippen molar-refractivity contribution in [2.75, 3.05) is 46.1 Å². The number of benzene rings is 1. The number of piperazine rings is 1. The van der Waals surface area contributed by atoms with Gasteiger partial charge in [-0.15, -0.1) is 0 Å². The first-order valence-electron chi connectivity index (χ1n) is 8.71. The van der Waals surface area contributed by atoms with Gasteiger partial charge in [0.1, 0.15) is 11.6 Å². The first-order valence-corrected chi connectivity index (χ1v) is 10.6. The number of imidazole rings is 1. The number of fused-ring (bicyclic) bond motifs is 1. The van der Waals surface area contributed by atoms with Gasteiger partial charge >= 0.3 is 0 Å². The maximum atomic E-state index is 12.2. The number of ether oxygens (including phenoxy) is 1. The van der Waals surface area contributed by atoms with Gasteiger partial charge in [-0.2, -0.15) is 4.31 Å². The van der Waals surface area contributed by atoms with Crippen LogP contribution in [-0.4, -0.2) is 79.2 Å². The van der Waals surface area contributed by atoms with Crippen LogP contribution in [0, 0.1) is 0 Å². The number of carbonyl (C=O) groups is 1. The van der Waals surface area contributed by atoms with E-state index in [-0.39, 0.29) is 12.5 Å². The van der Waals surface area contributed by atoms with E-state index in [9.17, 15) is 13.2 Å². The van der Waals surface area contributed by atoms with Crippen molar-refractivity contribution < 1.29 is 17.9 Å². The topological polar surface area (TPSA) is 96.8 Å². The third-order valence-corrected chi connectivity index (χ3v) is 6.09. The summed E-state index contributed by atoms with van der Waals surface area (Å²) in [7, 11) is 0.362. The Morgan fingerprint density at radius 1 is 1.26 bits per heavy atom. The highest BCUT2D eigenvalue weighted by Gasteiger charge is 2.24. The average molecular weight is 395 g/mol. The van der Waals surface area contributed by atoms with Crippen LogP contribution in [0.3, 0.4) is 0 Å². The van der Waals surface area contributed by atoms with Gasteiger partial charge in [0, 0.05) is 39.3 Å². The Kier molecular flexibility index (Phi) is 5.68. The van der Waals surface area contributed by atoms with Crippen molar-refractivity contribution >= 4 is 27.0 Å². The monoisotopic (exact) mass is 395 g/mol. The predicted molar refractivity (Wildman–Crippen MR) is 102 cm³/mol. The summed E-state index contributed by atoms with van der Waals surface area (Å²) in [5.41, 5.74) is 1.79. The molecule has 2 aromatic rings. The smallest absolute Gasteiger partial charge is 0.234 e. The van der Waals surface area contributed by atoms with Gasteiger partial charge in [0.15, 0.2) is 0 Å². The van der Waals surface area contributed by atoms with Gasteiger partial charge in [-0.1, -0.05) is 0 Å². The van der Waals surface area contributed by atoms with Gasteiger partial charge in [0.05, 0.1) is 37.5 Å². The highest BCUT2D eigenvalue weighted by atomic mass is 32.2. The van der Waals surface area contributed by atoms with Crippen LogP contribution in [0.15, 0.2) is 18.2 Å². The number of nitrogens with one attached hydrogen (secondary N) is 1. The molecule has 1 amide bonds. The lowest BCUT2D eigenvalue weighted by Crippen LogP contribution is -2.50. The summed E-state index contributed by atoms with van der Waals surface area (Å²) in [6.07, 6.45) is 1.21. The van der Waals surface area contributed by atoms with E-state index in [2.05, 4.69) is 10.3 Å². The Labute approximate surface area is 159 Å². The lowest BCUT2D eigenvalue weighted by Gasteiger charge is -2.32. The van der Waals surface area contributed by atoms with Crippen LogP contribution in [0.4, 0.5) is 0 Å². The SMILES string of the molecule is COc1ccc2c(c1)nc(CNC(=O)CN1CCN(S(C)(=O)=O)CC1)n2C. The molecule has 1 aliphatic rings. The molecular weight excluding hydrogens is 370 g/mol. The molecule has 0 aliphatic carbocycles. The molecule has 0 bridgehead atoms. The molecule has 1 aromatic carbocycles. The largest absolute Gasteiger partial charge is 0.497 e. The molecule has 0 radical (unpaired) electrons. The average Bonchev–Trinajstić information content (AvgIpc) is 2.95. The van der Waals surface area contributed by atoms with Crippen LogP contribution in [0.2, 0.25) is 0 Å². The minimum absolute atomic E-state index is 0.104. The van der Waals surface area contributed by atoms with Gasteiger partial charge in [0.25, 0.3) is 0 Å². The second-order valence-corrected chi connectivity index (χ2v) is 8.64. The molecule has 1 aliphatic heterocycles. The standard InChI is InChI=1S/C17H25N5O4S/c1-20-15-5-4-13(26-2)10-14(15)19-16(20)11-18-17(23)12-21-6-8-22(9-7-21)27(3,24)25/h4-5,10H,6-9,11-12H2,1-3H3,(H,18,23). The minimum atomic E-state index is -3.16. The van der Waals surface area contributed by atoms with Gasteiger partial charge in [-0.05, 0) is 12.1 Å². The van der Waals surface area contributed by atoms with Crippen LogP contribution in [-0.2, 0) is 28.4 Å². The number of aromatic nitrogens is 2. The second-order valence-electron chi connectivity index (χ2n) is 6.66. The maximum Gasteiger partial charge on any atom is 0.234 e. The summed E-state index contributed by atoms with van der Waals surface area (Å²) in [5.74, 6) is 1.39. The molecule has 0 saturated carbocycles. The van der Waals surface area contributed by atoms with Gasteiger partial charge in [-0.25, -0.2) is 13.4 Å². The minimum Gasteiger partial charge on any atom is -0.497 e. The Balaban J connectivity index is 1.54. The fourth-order valence-corrected chi connectivity index (χ4v) is 4.00. The molecule has 27 heavy (non-hydrogen) atoms. The zero-order valence-corrected chi connectivity index (χ0v) is 16.6. The summed E-state index contributed by atoms with van der Waals surface area (Å²) in [6.45, 7) is 2.50. The number of rotatable bonds is 6. The van der Waals surface area contributed by atoms with Crippen molar-refractivity contribution in [3.63, 3.8) is 0 Å². The number of carbonyl (C=O) groups excluding carboxylic acids is 1. The third kappa shape index (κ3) is 4.57. The zero-order chi connectivity index (χ0) is 19.6. The number of aryl methyl sites for hydroxylation is 1. The number of nitrogens with zero attached hydrogens (tertiary/aromatic N) is 4. The molecular formula is C17H25N5O4S. The molecule has 1 aromatic heterocycles. The zero-order valence-electron chi connectivity index (χ0n) is 15.8. The van der Waals surface area contributed by atoms with Crippen LogP contribution in [0.25, 0.3) is 11.0 Å². The molecule has 10 heteroatoms. The fourth-order valence-electron chi connectivity index (χ4n) is 3.17. The van der Waals surface area contributed by atoms with Gasteiger partial charge < -0.3 is 14.6 Å². The van der Waals surface area contributed by atoms with Crippen molar-refractivity contribution in [3.8, 4) is 5.75 Å². The van der Waals surface area contributed by atoms with Crippen LogP contribution >= 0.6 is 0 Å². The summed E-state index contributed by atoms with van der Waals surface area (Å²) < 4.78 is 31.7. The van der Waals surface area contributed by atoms with Crippen molar-refractivity contribution in [3.05, 3.63) is 24.0 Å². The molecule has 1 saturated heterocycles. The van der Waals surface area contributed by atoms with Crippen molar-refractivity contribution in [1.29, 1.82) is 0 Å². The predicted octanol–water partition coefficient (Wildman–Crippen LogP) is -0.225. The number of hydrogen-bond acceptors (Lipinski definition) is 6. The highest BCUT2D eigenvalue weighted by molar-refractivity contribution is 7.88. The van der Waals surface area contributed by atoms with Crippen molar-refractivity contribution in [1.82, 2.24) is 24.1 Å². The van der Waals surface area contributed by atoms with E-state index in [1.165, 1.54) is 10.6 Å². The molecule has 2 heterocycles. The van der Waals surface area contributed by atoms with Crippen LogP contribution in [0.1, 0.15) is 5.82 Å². The Bertz CT molecular complexity index is 932. The molecule has 0 spiro atoms. The van der Waals surface area contributed by atoms with E-state index in [4.69, 9.17) is 4.74 Å². The molecule has 0 unspecified atom stereocenters. The van der Waals surface area contributed by atoms with E-state index >= 15 is 0 Å². The molecule has 148 valence electrons. The Hall–Kier alpha value is -2.17. The number of sulfonamides is 1. The lowest BCUT2D eigenvalue weighted by molar-refractivity contribution is -0.122. The molecule has 1 fully saturated rings. The van der Waals surface area contributed by atoms with E-state index < -0.39 is 10.0 Å². The molecule has 1 N–H and O–H groups in total. The normalized spacial score (nSPS) is 16.6. The Morgan fingerprint density at radius 2 is 1.96 bits per heavy atom. The van der Waals surface area contributed by atoms with Gasteiger partial charge in [0.2, 0.25) is 15.9 Å². The first-order chi connectivity index (χ1) is 12.8. The van der Waals surface area contributed by atoms with E-state index in [0.717, 1.165) is 22.6 Å². The molecule has 9 nitrogen and oxygen atoms in total. The number of amides is 1. The van der Waals surface area contributed by atoms with Crippen molar-refractivity contribution in [2.24, 2.45) is 7.05 Å². The lowest BCUT2D eigenvalue weighted by atomic mass is 10.3.